The lowest BCUT2D eigenvalue weighted by molar-refractivity contribution is -0.192. The Hall–Kier alpha value is -4.22. The van der Waals surface area contributed by atoms with Crippen LogP contribution in [0.3, 0.4) is 0 Å². The predicted octanol–water partition coefficient (Wildman–Crippen LogP) is 4.61. The van der Waals surface area contributed by atoms with Gasteiger partial charge in [-0.25, -0.2) is 10.1 Å². The molecular weight excluding hydrogens is 520 g/mol. The number of nitrogens with one attached hydrogen (secondary N) is 2. The van der Waals surface area contributed by atoms with Crippen LogP contribution in [0.25, 0.3) is 33.5 Å². The number of aromatic amines is 2. The summed E-state index contributed by atoms with van der Waals surface area (Å²) in [7, 11) is 3.20. The van der Waals surface area contributed by atoms with E-state index >= 15 is 0 Å². The van der Waals surface area contributed by atoms with Crippen molar-refractivity contribution in [3.63, 3.8) is 0 Å². The maximum atomic E-state index is 13.3. The monoisotopic (exact) mass is 554 g/mol. The van der Waals surface area contributed by atoms with Crippen LogP contribution in [0.5, 0.6) is 0 Å². The third-order valence-corrected chi connectivity index (χ3v) is 8.22. The summed E-state index contributed by atoms with van der Waals surface area (Å²) in [5.74, 6) is 0.900. The van der Waals surface area contributed by atoms with Crippen molar-refractivity contribution in [1.29, 1.82) is 0 Å². The molecule has 0 bridgehead atoms. The quantitative estimate of drug-likeness (QED) is 0.252. The molecule has 1 saturated carbocycles. The van der Waals surface area contributed by atoms with Gasteiger partial charge in [0.2, 0.25) is 5.82 Å². The Morgan fingerprint density at radius 1 is 0.976 bits per heavy atom. The van der Waals surface area contributed by atoms with E-state index in [2.05, 4.69) is 59.7 Å². The van der Waals surface area contributed by atoms with E-state index in [1.165, 1.54) is 6.42 Å². The summed E-state index contributed by atoms with van der Waals surface area (Å²) in [6.45, 7) is 2.37. The first kappa shape index (κ1) is 27.0. The maximum Gasteiger partial charge on any atom is 0.290 e. The highest BCUT2D eigenvalue weighted by Crippen LogP contribution is 2.35. The number of methoxy groups -OCH3 is 2. The molecule has 11 nitrogen and oxygen atoms in total. The van der Waals surface area contributed by atoms with Crippen molar-refractivity contribution >= 4 is 11.0 Å². The van der Waals surface area contributed by atoms with Crippen molar-refractivity contribution in [2.45, 2.75) is 63.7 Å². The maximum absolute atomic E-state index is 13.3. The second kappa shape index (κ2) is 11.3. The van der Waals surface area contributed by atoms with E-state index in [1.807, 2.05) is 31.2 Å². The van der Waals surface area contributed by atoms with Crippen LogP contribution in [0.2, 0.25) is 0 Å². The van der Waals surface area contributed by atoms with Gasteiger partial charge in [-0.1, -0.05) is 67.8 Å². The number of rotatable bonds is 9. The molecule has 3 aromatic heterocycles. The van der Waals surface area contributed by atoms with Crippen LogP contribution in [0.4, 0.5) is 0 Å². The average molecular weight is 555 g/mol. The minimum Gasteiger partial charge on any atom is -0.353 e. The second-order valence-electron chi connectivity index (χ2n) is 10.8. The highest BCUT2D eigenvalue weighted by molar-refractivity contribution is 5.80. The summed E-state index contributed by atoms with van der Waals surface area (Å²) >= 11 is 0. The van der Waals surface area contributed by atoms with Crippen molar-refractivity contribution in [3.05, 3.63) is 76.0 Å². The molecular formula is C30H34N8O3. The molecule has 6 rings (SSSR count). The molecule has 5 aromatic rings. The molecule has 0 spiro atoms. The van der Waals surface area contributed by atoms with Gasteiger partial charge in [-0.2, -0.15) is 10.3 Å². The number of benzene rings is 2. The second-order valence-corrected chi connectivity index (χ2v) is 10.8. The van der Waals surface area contributed by atoms with E-state index in [1.54, 1.807) is 14.2 Å². The Kier molecular flexibility index (Phi) is 7.46. The zero-order valence-electron chi connectivity index (χ0n) is 23.6. The number of H-pyrrole nitrogens is 2. The van der Waals surface area contributed by atoms with E-state index < -0.39 is 5.79 Å². The number of imidazole rings is 1. The molecule has 0 saturated heterocycles. The molecule has 0 amide bonds. The van der Waals surface area contributed by atoms with Crippen molar-refractivity contribution in [2.75, 3.05) is 14.2 Å². The first-order valence-corrected chi connectivity index (χ1v) is 14.0. The third-order valence-electron chi connectivity index (χ3n) is 8.22. The molecule has 0 atom stereocenters. The van der Waals surface area contributed by atoms with Gasteiger partial charge >= 0.3 is 0 Å². The Balaban J connectivity index is 1.40. The predicted molar refractivity (Wildman–Crippen MR) is 154 cm³/mol. The molecule has 11 heteroatoms. The summed E-state index contributed by atoms with van der Waals surface area (Å²) in [4.78, 5) is 18.4. The number of hydrogen-bond donors (Lipinski definition) is 2. The highest BCUT2D eigenvalue weighted by atomic mass is 16.7. The number of hydrogen-bond acceptors (Lipinski definition) is 8. The Labute approximate surface area is 237 Å². The number of fused-ring (bicyclic) bond motifs is 1. The fourth-order valence-corrected chi connectivity index (χ4v) is 5.79. The minimum absolute atomic E-state index is 0.250. The van der Waals surface area contributed by atoms with Gasteiger partial charge in [0.05, 0.1) is 5.69 Å². The van der Waals surface area contributed by atoms with Crippen molar-refractivity contribution in [3.8, 4) is 22.5 Å². The molecule has 1 aliphatic rings. The number of tetrazole rings is 1. The summed E-state index contributed by atoms with van der Waals surface area (Å²) < 4.78 is 13.3. The van der Waals surface area contributed by atoms with Crippen LogP contribution >= 0.6 is 0 Å². The van der Waals surface area contributed by atoms with E-state index in [0.717, 1.165) is 53.8 Å². The van der Waals surface area contributed by atoms with Crippen LogP contribution in [-0.4, -0.2) is 60.4 Å². The number of ether oxygens (including phenoxy) is 2. The highest BCUT2D eigenvalue weighted by Gasteiger charge is 2.30. The van der Waals surface area contributed by atoms with Crippen molar-refractivity contribution in [2.24, 2.45) is 0 Å². The van der Waals surface area contributed by atoms with Crippen LogP contribution < -0.4 is 5.56 Å². The van der Waals surface area contributed by atoms with Gasteiger partial charge in [0, 0.05) is 38.7 Å². The lowest BCUT2D eigenvalue weighted by atomic mass is 9.88. The summed E-state index contributed by atoms with van der Waals surface area (Å²) in [6.07, 6.45) is 6.03. The van der Waals surface area contributed by atoms with Crippen LogP contribution in [-0.2, 0) is 22.4 Å². The topological polar surface area (TPSA) is 136 Å². The van der Waals surface area contributed by atoms with Crippen molar-refractivity contribution < 1.29 is 9.47 Å². The first-order chi connectivity index (χ1) is 20.0. The summed E-state index contributed by atoms with van der Waals surface area (Å²) in [5.41, 5.74) is 5.58. The molecule has 0 radical (unpaired) electrons. The number of aromatic nitrogens is 8. The Morgan fingerprint density at radius 3 is 2.39 bits per heavy atom. The summed E-state index contributed by atoms with van der Waals surface area (Å²) in [5, 5.41) is 21.6. The average Bonchev–Trinajstić information content (AvgIpc) is 3.69. The normalized spacial score (nSPS) is 14.6. The smallest absolute Gasteiger partial charge is 0.290 e. The van der Waals surface area contributed by atoms with Gasteiger partial charge in [0.25, 0.3) is 5.56 Å². The molecule has 2 aromatic carbocycles. The van der Waals surface area contributed by atoms with Gasteiger partial charge in [-0.05, 0) is 41.7 Å². The summed E-state index contributed by atoms with van der Waals surface area (Å²) in [6, 6.07) is 16.4. The first-order valence-electron chi connectivity index (χ1n) is 14.0. The Bertz CT molecular complexity index is 1680. The van der Waals surface area contributed by atoms with Gasteiger partial charge in [-0.15, -0.1) is 10.2 Å². The molecule has 212 valence electrons. The Morgan fingerprint density at radius 2 is 1.71 bits per heavy atom. The molecule has 0 unspecified atom stereocenters. The lowest BCUT2D eigenvalue weighted by Gasteiger charge is -2.25. The van der Waals surface area contributed by atoms with Crippen molar-refractivity contribution in [1.82, 2.24) is 40.4 Å². The zero-order valence-corrected chi connectivity index (χ0v) is 23.6. The fraction of sp³-hybridized carbons (Fsp3) is 0.400. The zero-order chi connectivity index (χ0) is 28.4. The van der Waals surface area contributed by atoms with Crippen LogP contribution in [0, 0.1) is 0 Å². The van der Waals surface area contributed by atoms with Crippen LogP contribution in [0.1, 0.15) is 62.0 Å². The van der Waals surface area contributed by atoms with Gasteiger partial charge in [-0.3, -0.25) is 4.79 Å². The SMILES string of the molecule is COC(C)(Cc1n[nH]c(=O)c2c1nc(C1CCCCC1)n2Cc1ccc(-c2ccccc2-c2nn[nH]n2)cc1)OC. The van der Waals surface area contributed by atoms with E-state index in [0.29, 0.717) is 41.4 Å². The van der Waals surface area contributed by atoms with E-state index in [9.17, 15) is 4.79 Å². The third kappa shape index (κ3) is 5.30. The van der Waals surface area contributed by atoms with E-state index in [4.69, 9.17) is 14.5 Å². The molecule has 1 fully saturated rings. The molecule has 0 aliphatic heterocycles. The van der Waals surface area contributed by atoms with Gasteiger partial charge < -0.3 is 14.0 Å². The lowest BCUT2D eigenvalue weighted by Crippen LogP contribution is -2.33. The molecule has 3 heterocycles. The van der Waals surface area contributed by atoms with Crippen LogP contribution in [0.15, 0.2) is 53.3 Å². The fourth-order valence-electron chi connectivity index (χ4n) is 5.79. The molecule has 41 heavy (non-hydrogen) atoms. The van der Waals surface area contributed by atoms with E-state index in [-0.39, 0.29) is 5.56 Å². The minimum atomic E-state index is -0.888. The van der Waals surface area contributed by atoms with Gasteiger partial charge in [0.15, 0.2) is 5.79 Å². The molecule has 2 N–H and O–H groups in total. The molecule has 1 aliphatic carbocycles. The van der Waals surface area contributed by atoms with Gasteiger partial charge in [0.1, 0.15) is 16.9 Å². The largest absolute Gasteiger partial charge is 0.353 e. The standard InChI is InChI=1S/C30H34N8O3/c1-30(40-2,41-3)17-24-25-26(29(39)35-32-24)38(28(31-25)21-9-5-4-6-10-21)18-19-13-15-20(16-14-19)22-11-7-8-12-23(22)27-33-36-37-34-27/h7-8,11-16,21H,4-6,9-10,17-18H2,1-3H3,(H,35,39)(H,33,34,36,37). The number of nitrogens with zero attached hydrogens (tertiary/aromatic N) is 6.